The molecule has 1 aliphatic heterocycles. The quantitative estimate of drug-likeness (QED) is 0.398. The molecule has 28 heavy (non-hydrogen) atoms. The molecule has 1 aliphatic rings. The van der Waals surface area contributed by atoms with E-state index in [0.717, 1.165) is 29.4 Å². The summed E-state index contributed by atoms with van der Waals surface area (Å²) in [5.74, 6) is -0.115. The van der Waals surface area contributed by atoms with Crippen LogP contribution < -0.4 is 0 Å². The Labute approximate surface area is 163 Å². The number of H-pyrrole nitrogens is 1. The van der Waals surface area contributed by atoms with Crippen molar-refractivity contribution < 1.29 is 9.72 Å². The van der Waals surface area contributed by atoms with Gasteiger partial charge < -0.3 is 9.88 Å². The van der Waals surface area contributed by atoms with Crippen molar-refractivity contribution in [2.75, 3.05) is 13.6 Å². The number of aromatic nitrogens is 1. The zero-order chi connectivity index (χ0) is 19.7. The number of nitrogens with one attached hydrogen (secondary N) is 1. The van der Waals surface area contributed by atoms with Gasteiger partial charge in [0, 0.05) is 47.3 Å². The number of hydrogen-bond donors (Lipinski definition) is 1. The average Bonchev–Trinajstić information content (AvgIpc) is 3.28. The van der Waals surface area contributed by atoms with E-state index in [-0.39, 0.29) is 17.9 Å². The molecular formula is C22H23N3O3. The Balaban J connectivity index is 1.55. The van der Waals surface area contributed by atoms with Crippen molar-refractivity contribution in [3.63, 3.8) is 0 Å². The summed E-state index contributed by atoms with van der Waals surface area (Å²) in [5.41, 5.74) is 3.58. The number of nitrogens with zero attached hydrogens (tertiary/aromatic N) is 2. The lowest BCUT2D eigenvalue weighted by molar-refractivity contribution is -0.384. The number of likely N-dealkylation sites (tertiary alicyclic amines) is 1. The normalized spacial score (nSPS) is 17.2. The molecule has 0 bridgehead atoms. The smallest absolute Gasteiger partial charge is 0.270 e. The van der Waals surface area contributed by atoms with Crippen LogP contribution >= 0.6 is 0 Å². The number of ketones is 1. The number of nitro groups is 1. The number of fused-ring (bicyclic) bond motifs is 1. The van der Waals surface area contributed by atoms with E-state index < -0.39 is 4.92 Å². The lowest BCUT2D eigenvalue weighted by Gasteiger charge is -2.18. The molecule has 1 fully saturated rings. The SMILES string of the molecule is CN1CCCC1Cc1c[nH]c2ccc(CC(=O)c3cccc([N+](=O)[O-])c3)cc12. The molecule has 1 saturated heterocycles. The maximum atomic E-state index is 12.6. The number of likely N-dealkylation sites (N-methyl/N-ethyl adjacent to an activating group) is 1. The van der Waals surface area contributed by atoms with Crippen molar-refractivity contribution in [1.29, 1.82) is 0 Å². The molecule has 0 aliphatic carbocycles. The van der Waals surface area contributed by atoms with E-state index in [2.05, 4.69) is 29.2 Å². The highest BCUT2D eigenvalue weighted by atomic mass is 16.6. The molecule has 0 spiro atoms. The van der Waals surface area contributed by atoms with Crippen molar-refractivity contribution >= 4 is 22.4 Å². The van der Waals surface area contributed by atoms with Gasteiger partial charge in [0.1, 0.15) is 0 Å². The van der Waals surface area contributed by atoms with Crippen LogP contribution in [0.15, 0.2) is 48.7 Å². The van der Waals surface area contributed by atoms with Gasteiger partial charge in [0.25, 0.3) is 5.69 Å². The van der Waals surface area contributed by atoms with E-state index in [0.29, 0.717) is 11.6 Å². The molecule has 2 aromatic carbocycles. The minimum atomic E-state index is -0.477. The van der Waals surface area contributed by atoms with E-state index in [9.17, 15) is 14.9 Å². The van der Waals surface area contributed by atoms with E-state index in [4.69, 9.17) is 0 Å². The number of benzene rings is 2. The van der Waals surface area contributed by atoms with Crippen LogP contribution in [0, 0.1) is 10.1 Å². The maximum absolute atomic E-state index is 12.6. The first-order valence-electron chi connectivity index (χ1n) is 9.58. The van der Waals surface area contributed by atoms with Crippen molar-refractivity contribution in [2.24, 2.45) is 0 Å². The molecule has 1 atom stereocenters. The van der Waals surface area contributed by atoms with Gasteiger partial charge >= 0.3 is 0 Å². The average molecular weight is 377 g/mol. The molecule has 0 radical (unpaired) electrons. The van der Waals surface area contributed by atoms with Crippen LogP contribution in [-0.2, 0) is 12.8 Å². The molecule has 4 rings (SSSR count). The molecule has 3 aromatic rings. The number of rotatable bonds is 6. The fourth-order valence-corrected chi connectivity index (χ4v) is 4.08. The third kappa shape index (κ3) is 3.68. The number of hydrogen-bond acceptors (Lipinski definition) is 4. The molecule has 1 N–H and O–H groups in total. The molecular weight excluding hydrogens is 354 g/mol. The first kappa shape index (κ1) is 18.4. The number of carbonyl (C=O) groups excluding carboxylic acids is 1. The summed E-state index contributed by atoms with van der Waals surface area (Å²) < 4.78 is 0. The van der Waals surface area contributed by atoms with Crippen LogP contribution in [0.5, 0.6) is 0 Å². The summed E-state index contributed by atoms with van der Waals surface area (Å²) in [6.07, 6.45) is 5.76. The third-order valence-electron chi connectivity index (χ3n) is 5.70. The molecule has 0 amide bonds. The minimum Gasteiger partial charge on any atom is -0.361 e. The highest BCUT2D eigenvalue weighted by molar-refractivity contribution is 5.98. The van der Waals surface area contributed by atoms with Gasteiger partial charge in [-0.25, -0.2) is 0 Å². The molecule has 1 unspecified atom stereocenters. The van der Waals surface area contributed by atoms with Gasteiger partial charge in [0.05, 0.1) is 4.92 Å². The second kappa shape index (κ2) is 7.56. The fraction of sp³-hybridized carbons (Fsp3) is 0.318. The summed E-state index contributed by atoms with van der Waals surface area (Å²) in [7, 11) is 2.18. The predicted molar refractivity (Wildman–Crippen MR) is 109 cm³/mol. The monoisotopic (exact) mass is 377 g/mol. The van der Waals surface area contributed by atoms with Crippen LogP contribution in [0.1, 0.15) is 34.3 Å². The summed E-state index contributed by atoms with van der Waals surface area (Å²) in [4.78, 5) is 28.8. The third-order valence-corrected chi connectivity index (χ3v) is 5.70. The van der Waals surface area contributed by atoms with Crippen molar-refractivity contribution in [2.45, 2.75) is 31.7 Å². The second-order valence-electron chi connectivity index (χ2n) is 7.58. The Morgan fingerprint density at radius 2 is 2.14 bits per heavy atom. The molecule has 1 aromatic heterocycles. The highest BCUT2D eigenvalue weighted by Gasteiger charge is 2.22. The lowest BCUT2D eigenvalue weighted by atomic mass is 9.98. The summed E-state index contributed by atoms with van der Waals surface area (Å²) in [6, 6.07) is 12.5. The first-order chi connectivity index (χ1) is 13.5. The zero-order valence-corrected chi connectivity index (χ0v) is 15.9. The Morgan fingerprint density at radius 3 is 2.89 bits per heavy atom. The Kier molecular flexibility index (Phi) is 4.96. The number of nitro benzene ring substituents is 1. The number of non-ortho nitro benzene ring substituents is 1. The Morgan fingerprint density at radius 1 is 1.29 bits per heavy atom. The van der Waals surface area contributed by atoms with Gasteiger partial charge in [0.15, 0.2) is 5.78 Å². The Hall–Kier alpha value is -2.99. The largest absolute Gasteiger partial charge is 0.361 e. The van der Waals surface area contributed by atoms with Crippen molar-refractivity contribution in [1.82, 2.24) is 9.88 Å². The number of carbonyl (C=O) groups is 1. The number of Topliss-reactive ketones (excluding diaryl/α,β-unsaturated/α-hetero) is 1. The molecule has 0 saturated carbocycles. The van der Waals surface area contributed by atoms with Crippen LogP contribution in [0.25, 0.3) is 10.9 Å². The standard InChI is InChI=1S/C22H23N3O3/c1-24-9-3-6-18(24)13-17-14-23-21-8-7-15(10-20(17)21)11-22(26)16-4-2-5-19(12-16)25(27)28/h2,4-5,7-8,10,12,14,18,23H,3,6,9,11,13H2,1H3. The van der Waals surface area contributed by atoms with Crippen LogP contribution in [0.2, 0.25) is 0 Å². The van der Waals surface area contributed by atoms with Gasteiger partial charge in [-0.2, -0.15) is 0 Å². The minimum absolute atomic E-state index is 0.0603. The Bertz CT molecular complexity index is 1040. The van der Waals surface area contributed by atoms with Gasteiger partial charge in [0.2, 0.25) is 0 Å². The van der Waals surface area contributed by atoms with Gasteiger partial charge in [-0.15, -0.1) is 0 Å². The van der Waals surface area contributed by atoms with Crippen LogP contribution in [0.4, 0.5) is 5.69 Å². The molecule has 6 nitrogen and oxygen atoms in total. The lowest BCUT2D eigenvalue weighted by Crippen LogP contribution is -2.26. The van der Waals surface area contributed by atoms with E-state index in [1.165, 1.54) is 30.5 Å². The van der Waals surface area contributed by atoms with Gasteiger partial charge in [-0.05, 0) is 56.1 Å². The van der Waals surface area contributed by atoms with Gasteiger partial charge in [-0.3, -0.25) is 14.9 Å². The summed E-state index contributed by atoms with van der Waals surface area (Å²) in [6.45, 7) is 1.15. The van der Waals surface area contributed by atoms with Gasteiger partial charge in [-0.1, -0.05) is 18.2 Å². The van der Waals surface area contributed by atoms with E-state index >= 15 is 0 Å². The highest BCUT2D eigenvalue weighted by Crippen LogP contribution is 2.26. The second-order valence-corrected chi connectivity index (χ2v) is 7.58. The topological polar surface area (TPSA) is 79.2 Å². The zero-order valence-electron chi connectivity index (χ0n) is 15.9. The van der Waals surface area contributed by atoms with E-state index in [1.807, 2.05) is 12.1 Å². The van der Waals surface area contributed by atoms with Crippen molar-refractivity contribution in [3.05, 3.63) is 75.5 Å². The maximum Gasteiger partial charge on any atom is 0.270 e. The van der Waals surface area contributed by atoms with E-state index in [1.54, 1.807) is 12.1 Å². The number of aromatic amines is 1. The molecule has 144 valence electrons. The summed E-state index contributed by atoms with van der Waals surface area (Å²) >= 11 is 0. The predicted octanol–water partition coefficient (Wildman–Crippen LogP) is 4.14. The molecule has 2 heterocycles. The van der Waals surface area contributed by atoms with Crippen LogP contribution in [0.3, 0.4) is 0 Å². The van der Waals surface area contributed by atoms with Crippen LogP contribution in [-0.4, -0.2) is 40.2 Å². The fourth-order valence-electron chi connectivity index (χ4n) is 4.08. The van der Waals surface area contributed by atoms with Crippen molar-refractivity contribution in [3.8, 4) is 0 Å². The molecule has 6 heteroatoms. The summed E-state index contributed by atoms with van der Waals surface area (Å²) in [5, 5.41) is 12.1. The first-order valence-corrected chi connectivity index (χ1v) is 9.58.